The van der Waals surface area contributed by atoms with E-state index in [1.54, 1.807) is 0 Å². The minimum atomic E-state index is 0.933. The fourth-order valence-corrected chi connectivity index (χ4v) is 1.48. The first-order valence-electron chi connectivity index (χ1n) is 5.59. The molecule has 3 nitrogen and oxygen atoms in total. The molecule has 0 unspecified atom stereocenters. The summed E-state index contributed by atoms with van der Waals surface area (Å²) in [5, 5.41) is 7.64. The Hall–Kier alpha value is -0.830. The molecule has 3 heteroatoms. The maximum atomic E-state index is 4.32. The van der Waals surface area contributed by atoms with Crippen molar-refractivity contribution in [3.05, 3.63) is 18.0 Å². The zero-order chi connectivity index (χ0) is 10.2. The predicted molar refractivity (Wildman–Crippen MR) is 59.1 cm³/mol. The van der Waals surface area contributed by atoms with Crippen LogP contribution in [0.15, 0.2) is 12.3 Å². The van der Waals surface area contributed by atoms with E-state index in [0.29, 0.717) is 0 Å². The molecular weight excluding hydrogens is 174 g/mol. The summed E-state index contributed by atoms with van der Waals surface area (Å²) in [7, 11) is 0. The van der Waals surface area contributed by atoms with E-state index in [9.17, 15) is 0 Å². The molecular formula is C11H21N3. The van der Waals surface area contributed by atoms with Crippen LogP contribution in [0, 0.1) is 0 Å². The number of rotatable bonds is 7. The number of aryl methyl sites for hydroxylation is 1. The lowest BCUT2D eigenvalue weighted by Crippen LogP contribution is -2.16. The summed E-state index contributed by atoms with van der Waals surface area (Å²) in [5.41, 5.74) is 1.29. The van der Waals surface area contributed by atoms with E-state index < -0.39 is 0 Å². The number of nitrogens with one attached hydrogen (secondary N) is 1. The van der Waals surface area contributed by atoms with Gasteiger partial charge in [-0.1, -0.05) is 26.7 Å². The van der Waals surface area contributed by atoms with Gasteiger partial charge in [0.25, 0.3) is 0 Å². The maximum absolute atomic E-state index is 4.32. The van der Waals surface area contributed by atoms with E-state index in [4.69, 9.17) is 0 Å². The van der Waals surface area contributed by atoms with Crippen LogP contribution in [-0.2, 0) is 13.1 Å². The maximum Gasteiger partial charge on any atom is 0.0522 e. The highest BCUT2D eigenvalue weighted by atomic mass is 15.3. The normalized spacial score (nSPS) is 10.7. The van der Waals surface area contributed by atoms with Crippen LogP contribution in [0.4, 0.5) is 0 Å². The zero-order valence-corrected chi connectivity index (χ0v) is 9.29. The third-order valence-corrected chi connectivity index (χ3v) is 2.33. The molecule has 0 radical (unpaired) electrons. The van der Waals surface area contributed by atoms with Gasteiger partial charge in [0.15, 0.2) is 0 Å². The third kappa shape index (κ3) is 3.50. The van der Waals surface area contributed by atoms with Gasteiger partial charge >= 0.3 is 0 Å². The predicted octanol–water partition coefficient (Wildman–Crippen LogP) is 2.18. The lowest BCUT2D eigenvalue weighted by molar-refractivity contribution is 0.522. The Balaban J connectivity index is 2.37. The fourth-order valence-electron chi connectivity index (χ4n) is 1.48. The molecule has 0 aliphatic rings. The van der Waals surface area contributed by atoms with Gasteiger partial charge in [-0.05, 0) is 19.0 Å². The van der Waals surface area contributed by atoms with E-state index in [0.717, 1.165) is 19.6 Å². The van der Waals surface area contributed by atoms with Crippen molar-refractivity contribution in [2.24, 2.45) is 0 Å². The summed E-state index contributed by atoms with van der Waals surface area (Å²) >= 11 is 0. The Morgan fingerprint density at radius 1 is 1.36 bits per heavy atom. The van der Waals surface area contributed by atoms with Crippen molar-refractivity contribution in [1.29, 1.82) is 0 Å². The average molecular weight is 195 g/mol. The molecule has 0 fully saturated rings. The molecule has 0 saturated carbocycles. The van der Waals surface area contributed by atoms with Gasteiger partial charge < -0.3 is 5.32 Å². The molecule has 0 atom stereocenters. The highest BCUT2D eigenvalue weighted by Gasteiger charge is 2.00. The van der Waals surface area contributed by atoms with Crippen LogP contribution < -0.4 is 5.32 Å². The zero-order valence-electron chi connectivity index (χ0n) is 9.29. The lowest BCUT2D eigenvalue weighted by Gasteiger charge is -2.07. The molecule has 0 spiro atoms. The van der Waals surface area contributed by atoms with Gasteiger partial charge in [0.05, 0.1) is 5.69 Å². The van der Waals surface area contributed by atoms with E-state index in [2.05, 4.69) is 35.0 Å². The monoisotopic (exact) mass is 195 g/mol. The average Bonchev–Trinajstić information content (AvgIpc) is 2.63. The molecule has 0 bridgehead atoms. The Morgan fingerprint density at radius 3 is 2.93 bits per heavy atom. The molecule has 1 aromatic rings. The Bertz CT molecular complexity index is 242. The number of hydrogen-bond acceptors (Lipinski definition) is 2. The van der Waals surface area contributed by atoms with Gasteiger partial charge in [0.1, 0.15) is 0 Å². The summed E-state index contributed by atoms with van der Waals surface area (Å²) in [4.78, 5) is 0. The minimum absolute atomic E-state index is 0.933. The number of nitrogens with zero attached hydrogens (tertiary/aromatic N) is 2. The number of unbranched alkanes of at least 4 members (excludes halogenated alkanes) is 2. The molecule has 14 heavy (non-hydrogen) atoms. The van der Waals surface area contributed by atoms with Gasteiger partial charge in [-0.3, -0.25) is 4.68 Å². The van der Waals surface area contributed by atoms with Crippen LogP contribution >= 0.6 is 0 Å². The van der Waals surface area contributed by atoms with E-state index in [1.165, 1.54) is 25.0 Å². The van der Waals surface area contributed by atoms with Crippen molar-refractivity contribution >= 4 is 0 Å². The van der Waals surface area contributed by atoms with Crippen LogP contribution in [0.3, 0.4) is 0 Å². The molecule has 0 aromatic carbocycles. The Labute approximate surface area is 86.5 Å². The smallest absolute Gasteiger partial charge is 0.0522 e. The molecule has 1 N–H and O–H groups in total. The van der Waals surface area contributed by atoms with Crippen molar-refractivity contribution in [3.8, 4) is 0 Å². The van der Waals surface area contributed by atoms with Gasteiger partial charge in [-0.15, -0.1) is 0 Å². The summed E-state index contributed by atoms with van der Waals surface area (Å²) in [6.07, 6.45) is 5.68. The third-order valence-electron chi connectivity index (χ3n) is 2.33. The van der Waals surface area contributed by atoms with Crippen LogP contribution in [0.2, 0.25) is 0 Å². The lowest BCUT2D eigenvalue weighted by atomic mass is 10.2. The summed E-state index contributed by atoms with van der Waals surface area (Å²) in [5.74, 6) is 0. The number of aromatic nitrogens is 2. The Kier molecular flexibility index (Phi) is 5.30. The van der Waals surface area contributed by atoms with Gasteiger partial charge in [-0.2, -0.15) is 5.10 Å². The van der Waals surface area contributed by atoms with Crippen LogP contribution in [0.25, 0.3) is 0 Å². The van der Waals surface area contributed by atoms with Gasteiger partial charge in [-0.25, -0.2) is 0 Å². The molecule has 0 amide bonds. The minimum Gasteiger partial charge on any atom is -0.311 e. The molecule has 0 aliphatic heterocycles. The molecule has 1 heterocycles. The van der Waals surface area contributed by atoms with Gasteiger partial charge in [0.2, 0.25) is 0 Å². The van der Waals surface area contributed by atoms with E-state index in [-0.39, 0.29) is 0 Å². The summed E-state index contributed by atoms with van der Waals surface area (Å²) < 4.78 is 2.11. The first kappa shape index (κ1) is 11.2. The largest absolute Gasteiger partial charge is 0.311 e. The van der Waals surface area contributed by atoms with Crippen molar-refractivity contribution in [2.45, 2.75) is 46.2 Å². The van der Waals surface area contributed by atoms with Crippen LogP contribution in [0.5, 0.6) is 0 Å². The van der Waals surface area contributed by atoms with E-state index in [1.807, 2.05) is 6.20 Å². The van der Waals surface area contributed by atoms with Crippen molar-refractivity contribution in [2.75, 3.05) is 6.54 Å². The fraction of sp³-hybridized carbons (Fsp3) is 0.727. The molecule has 80 valence electrons. The standard InChI is InChI=1S/C11H21N3/c1-3-5-6-9-14-11(7-8-13-14)10-12-4-2/h7-8,12H,3-6,9-10H2,1-2H3. The van der Waals surface area contributed by atoms with Crippen molar-refractivity contribution < 1.29 is 0 Å². The SMILES string of the molecule is CCCCCn1nccc1CNCC. The molecule has 1 rings (SSSR count). The topological polar surface area (TPSA) is 29.9 Å². The molecule has 0 aliphatic carbocycles. The highest BCUT2D eigenvalue weighted by Crippen LogP contribution is 2.02. The summed E-state index contributed by atoms with van der Waals surface area (Å²) in [6, 6.07) is 2.09. The second kappa shape index (κ2) is 6.60. The van der Waals surface area contributed by atoms with E-state index >= 15 is 0 Å². The number of hydrogen-bond donors (Lipinski definition) is 1. The molecule has 1 aromatic heterocycles. The quantitative estimate of drug-likeness (QED) is 0.676. The molecule has 0 saturated heterocycles. The van der Waals surface area contributed by atoms with Gasteiger partial charge in [0, 0.05) is 19.3 Å². The van der Waals surface area contributed by atoms with Crippen molar-refractivity contribution in [3.63, 3.8) is 0 Å². The first-order chi connectivity index (χ1) is 6.88. The second-order valence-electron chi connectivity index (χ2n) is 3.53. The first-order valence-corrected chi connectivity index (χ1v) is 5.59. The Morgan fingerprint density at radius 2 is 2.21 bits per heavy atom. The van der Waals surface area contributed by atoms with Crippen LogP contribution in [-0.4, -0.2) is 16.3 Å². The van der Waals surface area contributed by atoms with Crippen molar-refractivity contribution in [1.82, 2.24) is 15.1 Å². The summed E-state index contributed by atoms with van der Waals surface area (Å²) in [6.45, 7) is 7.35. The highest BCUT2D eigenvalue weighted by molar-refractivity contribution is 4.99. The van der Waals surface area contributed by atoms with Crippen LogP contribution in [0.1, 0.15) is 38.8 Å². The second-order valence-corrected chi connectivity index (χ2v) is 3.53.